The van der Waals surface area contributed by atoms with Crippen LogP contribution < -0.4 is 26.4 Å². The van der Waals surface area contributed by atoms with Crippen LogP contribution >= 0.6 is 0 Å². The molecule has 10 heteroatoms. The molecule has 1 fully saturated rings. The molecular formula is C25H31N7O3. The number of nitrogens with zero attached hydrogens (tertiary/aromatic N) is 4. The fourth-order valence-electron chi connectivity index (χ4n) is 3.77. The Morgan fingerprint density at radius 3 is 2.80 bits per heavy atom. The van der Waals surface area contributed by atoms with Crippen molar-refractivity contribution >= 4 is 23.1 Å². The molecule has 0 radical (unpaired) electrons. The minimum atomic E-state index is -0.453. The number of anilines is 3. The molecular weight excluding hydrogens is 446 g/mol. The van der Waals surface area contributed by atoms with E-state index in [1.54, 1.807) is 18.6 Å². The number of rotatable bonds is 7. The maximum absolute atomic E-state index is 13.2. The van der Waals surface area contributed by atoms with Crippen molar-refractivity contribution < 1.29 is 14.3 Å². The highest BCUT2D eigenvalue weighted by molar-refractivity contribution is 6.07. The number of nitrogens with one attached hydrogen (secondary N) is 1. The van der Waals surface area contributed by atoms with E-state index < -0.39 is 5.91 Å². The normalized spacial score (nSPS) is 15.1. The molecule has 5 N–H and O–H groups in total. The summed E-state index contributed by atoms with van der Waals surface area (Å²) >= 11 is 0. The Kier molecular flexibility index (Phi) is 8.07. The van der Waals surface area contributed by atoms with Crippen LogP contribution in [0.4, 0.5) is 17.2 Å². The van der Waals surface area contributed by atoms with E-state index >= 15 is 0 Å². The summed E-state index contributed by atoms with van der Waals surface area (Å²) in [6, 6.07) is 9.24. The van der Waals surface area contributed by atoms with Crippen molar-refractivity contribution in [2.24, 2.45) is 5.73 Å². The highest BCUT2D eigenvalue weighted by Gasteiger charge is 2.19. The van der Waals surface area contributed by atoms with E-state index in [0.717, 1.165) is 43.8 Å². The van der Waals surface area contributed by atoms with Crippen LogP contribution in [-0.4, -0.2) is 59.8 Å². The van der Waals surface area contributed by atoms with E-state index in [1.165, 1.54) is 0 Å². The molecule has 184 valence electrons. The van der Waals surface area contributed by atoms with Gasteiger partial charge in [-0.1, -0.05) is 0 Å². The monoisotopic (exact) mass is 477 g/mol. The van der Waals surface area contributed by atoms with Gasteiger partial charge in [-0.2, -0.15) is 0 Å². The fraction of sp³-hybridized carbons (Fsp3) is 0.360. The maximum atomic E-state index is 13.2. The van der Waals surface area contributed by atoms with Gasteiger partial charge in [-0.25, -0.2) is 9.97 Å². The van der Waals surface area contributed by atoms with Gasteiger partial charge in [0.2, 0.25) is 0 Å². The summed E-state index contributed by atoms with van der Waals surface area (Å²) in [6.07, 6.45) is 6.80. The smallest absolute Gasteiger partial charge is 0.278 e. The molecule has 35 heavy (non-hydrogen) atoms. The van der Waals surface area contributed by atoms with Crippen LogP contribution in [0.1, 0.15) is 30.3 Å². The summed E-state index contributed by atoms with van der Waals surface area (Å²) in [5.74, 6) is 0.297. The number of hydrogen-bond donors (Lipinski definition) is 3. The lowest BCUT2D eigenvalue weighted by molar-refractivity contribution is 0.102. The van der Waals surface area contributed by atoms with Gasteiger partial charge in [0.25, 0.3) is 5.91 Å². The Bertz CT molecular complexity index is 1130. The molecule has 1 aromatic carbocycles. The van der Waals surface area contributed by atoms with Gasteiger partial charge < -0.3 is 31.2 Å². The standard InChI is InChI=1S/C25H31N7O3/c1-17(14-26)35-19-6-4-18(5-7-19)20-16-29-24(27)23(30-20)25(33)31-21-15-28-9-8-22(21)32-10-2-3-12-34-13-11-32/h4-9,15-17H,2-3,10-14,26H2,1H3,(H2,27,29)(H,31,33). The lowest BCUT2D eigenvalue weighted by atomic mass is 10.1. The summed E-state index contributed by atoms with van der Waals surface area (Å²) in [7, 11) is 0. The van der Waals surface area contributed by atoms with E-state index in [9.17, 15) is 4.79 Å². The first-order valence-electron chi connectivity index (χ1n) is 11.7. The number of nitrogens with two attached hydrogens (primary N) is 2. The molecule has 2 aromatic heterocycles. The van der Waals surface area contributed by atoms with Crippen LogP contribution in [0, 0.1) is 0 Å². The second-order valence-corrected chi connectivity index (χ2v) is 8.33. The number of amides is 1. The Labute approximate surface area is 204 Å². The molecule has 3 aromatic rings. The lowest BCUT2D eigenvalue weighted by Crippen LogP contribution is -2.32. The van der Waals surface area contributed by atoms with E-state index in [1.807, 2.05) is 37.3 Å². The van der Waals surface area contributed by atoms with Gasteiger partial charge in [-0.05, 0) is 50.1 Å². The third-order valence-corrected chi connectivity index (χ3v) is 5.69. The van der Waals surface area contributed by atoms with Crippen LogP contribution in [0.3, 0.4) is 0 Å². The Hall–Kier alpha value is -3.76. The molecule has 1 atom stereocenters. The van der Waals surface area contributed by atoms with Crippen LogP contribution in [0.2, 0.25) is 0 Å². The summed E-state index contributed by atoms with van der Waals surface area (Å²) in [5.41, 5.74) is 14.5. The topological polar surface area (TPSA) is 142 Å². The SMILES string of the molecule is CC(CN)Oc1ccc(-c2cnc(N)c(C(=O)Nc3cnccc3N3CCCCOCC3)n2)cc1. The number of carbonyl (C=O) groups excluding carboxylic acids is 1. The second-order valence-electron chi connectivity index (χ2n) is 8.33. The van der Waals surface area contributed by atoms with Crippen LogP contribution in [0.25, 0.3) is 11.3 Å². The maximum Gasteiger partial charge on any atom is 0.278 e. The van der Waals surface area contributed by atoms with Crippen molar-refractivity contribution in [2.45, 2.75) is 25.9 Å². The Balaban J connectivity index is 1.53. The molecule has 10 nitrogen and oxygen atoms in total. The van der Waals surface area contributed by atoms with Crippen molar-refractivity contribution in [3.8, 4) is 17.0 Å². The molecule has 1 unspecified atom stereocenters. The molecule has 0 saturated carbocycles. The Morgan fingerprint density at radius 2 is 2.00 bits per heavy atom. The minimum Gasteiger partial charge on any atom is -0.489 e. The molecule has 1 aliphatic rings. The van der Waals surface area contributed by atoms with Gasteiger partial charge in [0.1, 0.15) is 11.9 Å². The summed E-state index contributed by atoms with van der Waals surface area (Å²) < 4.78 is 11.3. The zero-order valence-corrected chi connectivity index (χ0v) is 19.8. The van der Waals surface area contributed by atoms with Crippen molar-refractivity contribution in [1.82, 2.24) is 15.0 Å². The number of pyridine rings is 1. The highest BCUT2D eigenvalue weighted by Crippen LogP contribution is 2.27. The molecule has 0 aliphatic carbocycles. The fourth-order valence-corrected chi connectivity index (χ4v) is 3.77. The number of nitrogen functional groups attached to an aromatic ring is 1. The molecule has 4 rings (SSSR count). The number of ether oxygens (including phenoxy) is 2. The molecule has 1 amide bonds. The average molecular weight is 478 g/mol. The summed E-state index contributed by atoms with van der Waals surface area (Å²) in [6.45, 7) is 5.34. The Morgan fingerprint density at radius 1 is 1.17 bits per heavy atom. The molecule has 1 saturated heterocycles. The largest absolute Gasteiger partial charge is 0.489 e. The highest BCUT2D eigenvalue weighted by atomic mass is 16.5. The van der Waals surface area contributed by atoms with Gasteiger partial charge in [0.15, 0.2) is 11.5 Å². The van der Waals surface area contributed by atoms with Crippen molar-refractivity contribution in [1.29, 1.82) is 0 Å². The molecule has 1 aliphatic heterocycles. The van der Waals surface area contributed by atoms with Crippen molar-refractivity contribution in [3.05, 3.63) is 54.6 Å². The van der Waals surface area contributed by atoms with Crippen molar-refractivity contribution in [2.75, 3.05) is 48.8 Å². The summed E-state index contributed by atoms with van der Waals surface area (Å²) in [4.78, 5) is 28.3. The first kappa shape index (κ1) is 24.4. The van der Waals surface area contributed by atoms with Gasteiger partial charge in [-0.15, -0.1) is 0 Å². The zero-order chi connectivity index (χ0) is 24.6. The number of aromatic nitrogens is 3. The van der Waals surface area contributed by atoms with Gasteiger partial charge >= 0.3 is 0 Å². The predicted molar refractivity (Wildman–Crippen MR) is 135 cm³/mol. The number of hydrogen-bond acceptors (Lipinski definition) is 9. The summed E-state index contributed by atoms with van der Waals surface area (Å²) in [5, 5.41) is 2.92. The molecule has 3 heterocycles. The quantitative estimate of drug-likeness (QED) is 0.468. The van der Waals surface area contributed by atoms with Crippen molar-refractivity contribution in [3.63, 3.8) is 0 Å². The molecule has 0 spiro atoms. The third kappa shape index (κ3) is 6.23. The lowest BCUT2D eigenvalue weighted by Gasteiger charge is -2.28. The van der Waals surface area contributed by atoms with Crippen LogP contribution in [-0.2, 0) is 4.74 Å². The van der Waals surface area contributed by atoms with Gasteiger partial charge in [-0.3, -0.25) is 9.78 Å². The predicted octanol–water partition coefficient (Wildman–Crippen LogP) is 2.72. The third-order valence-electron chi connectivity index (χ3n) is 5.69. The van der Waals surface area contributed by atoms with E-state index in [4.69, 9.17) is 20.9 Å². The molecule has 0 bridgehead atoms. The second kappa shape index (κ2) is 11.6. The van der Waals surface area contributed by atoms with Gasteiger partial charge in [0.05, 0.1) is 36.1 Å². The van der Waals surface area contributed by atoms with E-state index in [0.29, 0.717) is 30.3 Å². The number of carbonyl (C=O) groups is 1. The van der Waals surface area contributed by atoms with E-state index in [2.05, 4.69) is 25.2 Å². The first-order valence-corrected chi connectivity index (χ1v) is 11.7. The number of benzene rings is 1. The minimum absolute atomic E-state index is 0.0467. The zero-order valence-electron chi connectivity index (χ0n) is 19.8. The average Bonchev–Trinajstić information content (AvgIpc) is 2.85. The van der Waals surface area contributed by atoms with Gasteiger partial charge in [0, 0.05) is 38.0 Å². The first-order chi connectivity index (χ1) is 17.0. The van der Waals surface area contributed by atoms with Crippen LogP contribution in [0.15, 0.2) is 48.9 Å². The van der Waals surface area contributed by atoms with E-state index in [-0.39, 0.29) is 17.6 Å². The van der Waals surface area contributed by atoms with Crippen LogP contribution in [0.5, 0.6) is 5.75 Å².